The first-order valence-electron chi connectivity index (χ1n) is 10.1. The number of rotatable bonds is 6. The molecule has 0 atom stereocenters. The predicted octanol–water partition coefficient (Wildman–Crippen LogP) is 4.25. The lowest BCUT2D eigenvalue weighted by Gasteiger charge is -2.16. The molecule has 3 N–H and O–H groups in total. The van der Waals surface area contributed by atoms with E-state index in [0.29, 0.717) is 40.8 Å². The van der Waals surface area contributed by atoms with E-state index in [1.807, 2.05) is 0 Å². The lowest BCUT2D eigenvalue weighted by atomic mass is 10.1. The highest BCUT2D eigenvalue weighted by Gasteiger charge is 2.33. The molecule has 0 saturated heterocycles. The average Bonchev–Trinajstić information content (AvgIpc) is 3.40. The normalized spacial score (nSPS) is 12.3. The van der Waals surface area contributed by atoms with Gasteiger partial charge in [0.15, 0.2) is 0 Å². The number of hydrogen-bond acceptors (Lipinski definition) is 5. The van der Waals surface area contributed by atoms with E-state index in [4.69, 9.17) is 0 Å². The second kappa shape index (κ2) is 8.32. The number of carbonyl (C=O) groups excluding carboxylic acids is 1. The Morgan fingerprint density at radius 1 is 1.21 bits per heavy atom. The fraction of sp³-hybridized carbons (Fsp3) is 0.273. The Labute approximate surface area is 186 Å². The highest BCUT2D eigenvalue weighted by Crippen LogP contribution is 2.32. The molecule has 0 fully saturated rings. The number of aliphatic hydroxyl groups is 1. The van der Waals surface area contributed by atoms with Crippen LogP contribution in [0.5, 0.6) is 0 Å². The van der Waals surface area contributed by atoms with Crippen LogP contribution in [0.15, 0.2) is 48.8 Å². The molecular formula is C22H21F3N6O2. The molecule has 0 spiro atoms. The Kier molecular flexibility index (Phi) is 5.66. The maximum absolute atomic E-state index is 13.0. The molecule has 0 aliphatic rings. The molecule has 0 unspecified atom stereocenters. The van der Waals surface area contributed by atoms with Crippen molar-refractivity contribution in [3.63, 3.8) is 0 Å². The lowest BCUT2D eigenvalue weighted by molar-refractivity contribution is -0.141. The van der Waals surface area contributed by atoms with E-state index in [9.17, 15) is 23.1 Å². The topological polar surface area (TPSA) is 109 Å². The molecule has 11 heteroatoms. The van der Waals surface area contributed by atoms with Crippen molar-refractivity contribution in [1.29, 1.82) is 0 Å². The summed E-state index contributed by atoms with van der Waals surface area (Å²) in [6, 6.07) is 8.27. The Morgan fingerprint density at radius 3 is 2.67 bits per heavy atom. The van der Waals surface area contributed by atoms with E-state index in [1.54, 1.807) is 49.1 Å². The van der Waals surface area contributed by atoms with Crippen molar-refractivity contribution in [2.75, 3.05) is 5.32 Å². The number of aromatic amines is 1. The van der Waals surface area contributed by atoms with Crippen molar-refractivity contribution in [2.24, 2.45) is 0 Å². The second-order valence-electron chi connectivity index (χ2n) is 8.23. The SMILES string of the molecule is CC(C)(O)CCn1cc2cc(NC(=O)c3cccc(C(F)(F)F)n3)c(-c3cc[nH]n3)cc2n1. The van der Waals surface area contributed by atoms with Gasteiger partial charge in [0.2, 0.25) is 0 Å². The molecule has 3 heterocycles. The van der Waals surface area contributed by atoms with Crippen LogP contribution in [0.3, 0.4) is 0 Å². The number of halogens is 3. The molecule has 1 aromatic carbocycles. The Balaban J connectivity index is 1.69. The summed E-state index contributed by atoms with van der Waals surface area (Å²) in [4.78, 5) is 16.2. The summed E-state index contributed by atoms with van der Waals surface area (Å²) in [5.41, 5.74) is -0.313. The Hall–Kier alpha value is -3.73. The molecule has 172 valence electrons. The number of H-pyrrole nitrogens is 1. The molecule has 3 aromatic heterocycles. The average molecular weight is 458 g/mol. The van der Waals surface area contributed by atoms with Gasteiger partial charge in [0.25, 0.3) is 5.91 Å². The van der Waals surface area contributed by atoms with Crippen LogP contribution in [-0.4, -0.2) is 41.6 Å². The van der Waals surface area contributed by atoms with E-state index >= 15 is 0 Å². The number of alkyl halides is 3. The molecule has 0 bridgehead atoms. The smallest absolute Gasteiger partial charge is 0.390 e. The van der Waals surface area contributed by atoms with Gasteiger partial charge in [-0.1, -0.05) is 6.07 Å². The minimum absolute atomic E-state index is 0.348. The van der Waals surface area contributed by atoms with E-state index < -0.39 is 23.4 Å². The molecule has 33 heavy (non-hydrogen) atoms. The second-order valence-corrected chi connectivity index (χ2v) is 8.23. The number of fused-ring (bicyclic) bond motifs is 1. The quantitative estimate of drug-likeness (QED) is 0.400. The van der Waals surface area contributed by atoms with Gasteiger partial charge in [0.05, 0.1) is 22.5 Å². The Bertz CT molecular complexity index is 1290. The van der Waals surface area contributed by atoms with Crippen LogP contribution in [0, 0.1) is 0 Å². The molecule has 4 aromatic rings. The molecule has 8 nitrogen and oxygen atoms in total. The molecular weight excluding hydrogens is 437 g/mol. The monoisotopic (exact) mass is 458 g/mol. The minimum atomic E-state index is -4.66. The van der Waals surface area contributed by atoms with Gasteiger partial charge in [-0.05, 0) is 50.6 Å². The minimum Gasteiger partial charge on any atom is -0.390 e. The first kappa shape index (κ1) is 22.5. The number of aromatic nitrogens is 5. The summed E-state index contributed by atoms with van der Waals surface area (Å²) in [5.74, 6) is -0.786. The van der Waals surface area contributed by atoms with Crippen molar-refractivity contribution in [1.82, 2.24) is 25.0 Å². The summed E-state index contributed by atoms with van der Waals surface area (Å²) < 4.78 is 40.7. The fourth-order valence-electron chi connectivity index (χ4n) is 3.26. The van der Waals surface area contributed by atoms with Gasteiger partial charge < -0.3 is 10.4 Å². The molecule has 4 rings (SSSR count). The van der Waals surface area contributed by atoms with Gasteiger partial charge in [0, 0.05) is 29.9 Å². The van der Waals surface area contributed by atoms with Crippen molar-refractivity contribution in [3.05, 3.63) is 60.2 Å². The van der Waals surface area contributed by atoms with Gasteiger partial charge in [-0.15, -0.1) is 0 Å². The number of amides is 1. The zero-order valence-electron chi connectivity index (χ0n) is 17.8. The zero-order valence-corrected chi connectivity index (χ0v) is 17.8. The van der Waals surface area contributed by atoms with Crippen molar-refractivity contribution < 1.29 is 23.1 Å². The van der Waals surface area contributed by atoms with Gasteiger partial charge in [-0.25, -0.2) is 4.98 Å². The van der Waals surface area contributed by atoms with Crippen molar-refractivity contribution in [2.45, 2.75) is 38.6 Å². The highest BCUT2D eigenvalue weighted by molar-refractivity contribution is 6.06. The number of carbonyl (C=O) groups is 1. The third-order valence-electron chi connectivity index (χ3n) is 4.94. The summed E-state index contributed by atoms with van der Waals surface area (Å²) in [7, 11) is 0. The van der Waals surface area contributed by atoms with Crippen LogP contribution in [0.25, 0.3) is 22.2 Å². The van der Waals surface area contributed by atoms with Crippen LogP contribution in [0.2, 0.25) is 0 Å². The van der Waals surface area contributed by atoms with E-state index in [0.717, 1.165) is 12.1 Å². The standard InChI is InChI=1S/C22H21F3N6O2/c1-21(2,33)7-9-31-12-13-10-18(14(11-17(13)30-31)15-6-8-26-29-15)28-20(32)16-4-3-5-19(27-16)22(23,24)25/h3-6,8,10-12,33H,7,9H2,1-2H3,(H,26,29)(H,28,32). The maximum Gasteiger partial charge on any atom is 0.433 e. The van der Waals surface area contributed by atoms with Crippen molar-refractivity contribution >= 4 is 22.5 Å². The number of benzene rings is 1. The number of anilines is 1. The summed E-state index contributed by atoms with van der Waals surface area (Å²) >= 11 is 0. The van der Waals surface area contributed by atoms with Gasteiger partial charge in [-0.3, -0.25) is 14.6 Å². The first-order valence-corrected chi connectivity index (χ1v) is 10.1. The van der Waals surface area contributed by atoms with E-state index in [1.165, 1.54) is 6.07 Å². The fourth-order valence-corrected chi connectivity index (χ4v) is 3.26. The van der Waals surface area contributed by atoms with Crippen molar-refractivity contribution in [3.8, 4) is 11.3 Å². The third kappa shape index (κ3) is 5.20. The zero-order chi connectivity index (χ0) is 23.8. The van der Waals surface area contributed by atoms with Gasteiger partial charge in [-0.2, -0.15) is 23.4 Å². The lowest BCUT2D eigenvalue weighted by Crippen LogP contribution is -2.21. The van der Waals surface area contributed by atoms with Gasteiger partial charge in [0.1, 0.15) is 11.4 Å². The van der Waals surface area contributed by atoms with E-state index in [2.05, 4.69) is 25.6 Å². The van der Waals surface area contributed by atoms with Crippen LogP contribution >= 0.6 is 0 Å². The largest absolute Gasteiger partial charge is 0.433 e. The Morgan fingerprint density at radius 2 is 2.00 bits per heavy atom. The molecule has 0 radical (unpaired) electrons. The summed E-state index contributed by atoms with van der Waals surface area (Å²) in [6.07, 6.45) is -0.792. The van der Waals surface area contributed by atoms with Gasteiger partial charge >= 0.3 is 6.18 Å². The number of pyridine rings is 1. The number of nitrogens with one attached hydrogen (secondary N) is 2. The summed E-state index contributed by atoms with van der Waals surface area (Å²) in [6.45, 7) is 3.90. The molecule has 0 aliphatic heterocycles. The summed E-state index contributed by atoms with van der Waals surface area (Å²) in [5, 5.41) is 24.7. The molecule has 0 aliphatic carbocycles. The third-order valence-corrected chi connectivity index (χ3v) is 4.94. The number of hydrogen-bond donors (Lipinski definition) is 3. The first-order chi connectivity index (χ1) is 15.5. The highest BCUT2D eigenvalue weighted by atomic mass is 19.4. The van der Waals surface area contributed by atoms with Crippen LogP contribution in [0.1, 0.15) is 36.5 Å². The maximum atomic E-state index is 13.0. The predicted molar refractivity (Wildman–Crippen MR) is 115 cm³/mol. The van der Waals surface area contributed by atoms with E-state index in [-0.39, 0.29) is 5.69 Å². The molecule has 0 saturated carbocycles. The van der Waals surface area contributed by atoms with Crippen LogP contribution in [0.4, 0.5) is 18.9 Å². The van der Waals surface area contributed by atoms with Crippen LogP contribution in [-0.2, 0) is 12.7 Å². The molecule has 1 amide bonds. The van der Waals surface area contributed by atoms with Crippen LogP contribution < -0.4 is 5.32 Å². The number of nitrogens with zero attached hydrogens (tertiary/aromatic N) is 4. The number of aryl methyl sites for hydroxylation is 1.